The summed E-state index contributed by atoms with van der Waals surface area (Å²) in [7, 11) is 2.88. The Kier molecular flexibility index (Phi) is 9.08. The minimum absolute atomic E-state index is 0.113. The van der Waals surface area contributed by atoms with Gasteiger partial charge in [0, 0.05) is 29.9 Å². The molecule has 0 bridgehead atoms. The number of pyridine rings is 1. The SMILES string of the molecule is C=C/C=C(\C=C)C(O)(CO)c1cnc(OCc2ccccc2/C(=N\OC)C(=O)NC)c(C)c1. The molecule has 0 aliphatic rings. The van der Waals surface area contributed by atoms with Crippen LogP contribution in [-0.2, 0) is 21.8 Å². The number of hydrogen-bond acceptors (Lipinski definition) is 7. The molecule has 1 atom stereocenters. The molecule has 174 valence electrons. The highest BCUT2D eigenvalue weighted by Crippen LogP contribution is 2.32. The minimum atomic E-state index is -1.68. The Morgan fingerprint density at radius 2 is 2.06 bits per heavy atom. The molecule has 1 aromatic carbocycles. The molecule has 2 rings (SSSR count). The maximum absolute atomic E-state index is 12.2. The van der Waals surface area contributed by atoms with Gasteiger partial charge in [0.15, 0.2) is 5.71 Å². The van der Waals surface area contributed by atoms with Crippen LogP contribution in [0.1, 0.15) is 22.3 Å². The normalized spacial score (nSPS) is 13.6. The van der Waals surface area contributed by atoms with E-state index in [0.717, 1.165) is 0 Å². The first-order chi connectivity index (χ1) is 15.9. The first-order valence-corrected chi connectivity index (χ1v) is 10.2. The van der Waals surface area contributed by atoms with E-state index >= 15 is 0 Å². The van der Waals surface area contributed by atoms with Crippen LogP contribution in [-0.4, -0.2) is 47.6 Å². The van der Waals surface area contributed by atoms with E-state index in [4.69, 9.17) is 9.57 Å². The van der Waals surface area contributed by atoms with Crippen LogP contribution in [0.25, 0.3) is 0 Å². The van der Waals surface area contributed by atoms with Crippen molar-refractivity contribution >= 4 is 11.6 Å². The summed E-state index contributed by atoms with van der Waals surface area (Å²) >= 11 is 0. The third kappa shape index (κ3) is 5.74. The zero-order valence-electron chi connectivity index (χ0n) is 19.0. The molecule has 33 heavy (non-hydrogen) atoms. The summed E-state index contributed by atoms with van der Waals surface area (Å²) < 4.78 is 5.91. The molecular formula is C25H29N3O5. The Labute approximate surface area is 193 Å². The maximum Gasteiger partial charge on any atom is 0.273 e. The molecule has 0 saturated carbocycles. The number of allylic oxidation sites excluding steroid dienone is 2. The fourth-order valence-electron chi connectivity index (χ4n) is 3.24. The molecule has 2 aromatic rings. The number of rotatable bonds is 11. The second-order valence-electron chi connectivity index (χ2n) is 7.07. The van der Waals surface area contributed by atoms with E-state index in [1.54, 1.807) is 31.2 Å². The number of amides is 1. The van der Waals surface area contributed by atoms with Gasteiger partial charge < -0.3 is 25.1 Å². The maximum atomic E-state index is 12.2. The Balaban J connectivity index is 2.34. The van der Waals surface area contributed by atoms with E-state index in [1.165, 1.54) is 32.5 Å². The zero-order chi connectivity index (χ0) is 24.4. The molecule has 0 saturated heterocycles. The van der Waals surface area contributed by atoms with Crippen molar-refractivity contribution in [3.05, 3.63) is 95.7 Å². The highest BCUT2D eigenvalue weighted by molar-refractivity contribution is 6.45. The summed E-state index contributed by atoms with van der Waals surface area (Å²) in [5.74, 6) is -0.0521. The molecule has 1 unspecified atom stereocenters. The molecule has 8 nitrogen and oxygen atoms in total. The number of likely N-dealkylation sites (N-methyl/N-ethyl adjacent to an activating group) is 1. The van der Waals surface area contributed by atoms with Gasteiger partial charge in [-0.15, -0.1) is 0 Å². The van der Waals surface area contributed by atoms with Crippen LogP contribution >= 0.6 is 0 Å². The van der Waals surface area contributed by atoms with Gasteiger partial charge in [-0.1, -0.05) is 60.8 Å². The lowest BCUT2D eigenvalue weighted by molar-refractivity contribution is -0.114. The molecule has 1 aromatic heterocycles. The summed E-state index contributed by atoms with van der Waals surface area (Å²) in [5, 5.41) is 27.3. The van der Waals surface area contributed by atoms with Gasteiger partial charge in [-0.2, -0.15) is 0 Å². The van der Waals surface area contributed by atoms with E-state index < -0.39 is 18.1 Å². The van der Waals surface area contributed by atoms with Crippen molar-refractivity contribution in [2.24, 2.45) is 5.16 Å². The van der Waals surface area contributed by atoms with Crippen molar-refractivity contribution in [2.75, 3.05) is 20.8 Å². The van der Waals surface area contributed by atoms with E-state index in [-0.39, 0.29) is 12.3 Å². The summed E-state index contributed by atoms with van der Waals surface area (Å²) in [4.78, 5) is 21.4. The molecule has 0 fully saturated rings. The molecule has 1 heterocycles. The van der Waals surface area contributed by atoms with Gasteiger partial charge >= 0.3 is 0 Å². The highest BCUT2D eigenvalue weighted by Gasteiger charge is 2.32. The molecule has 0 aliphatic carbocycles. The molecule has 1 amide bonds. The first-order valence-electron chi connectivity index (χ1n) is 10.2. The number of aromatic nitrogens is 1. The average molecular weight is 452 g/mol. The Hall–Kier alpha value is -3.75. The van der Waals surface area contributed by atoms with Gasteiger partial charge in [-0.25, -0.2) is 4.98 Å². The predicted octanol–water partition coefficient (Wildman–Crippen LogP) is 2.54. The third-order valence-corrected chi connectivity index (χ3v) is 4.99. The zero-order valence-corrected chi connectivity index (χ0v) is 19.0. The van der Waals surface area contributed by atoms with Gasteiger partial charge in [0.1, 0.15) is 19.3 Å². The van der Waals surface area contributed by atoms with Crippen molar-refractivity contribution in [2.45, 2.75) is 19.1 Å². The number of aryl methyl sites for hydroxylation is 1. The van der Waals surface area contributed by atoms with Crippen molar-refractivity contribution in [1.29, 1.82) is 0 Å². The van der Waals surface area contributed by atoms with E-state index in [0.29, 0.717) is 33.7 Å². The summed E-state index contributed by atoms with van der Waals surface area (Å²) in [6.45, 7) is 8.66. The van der Waals surface area contributed by atoms with Crippen LogP contribution in [0, 0.1) is 6.92 Å². The predicted molar refractivity (Wildman–Crippen MR) is 127 cm³/mol. The van der Waals surface area contributed by atoms with Gasteiger partial charge in [0.05, 0.1) is 6.61 Å². The molecule has 3 N–H and O–H groups in total. The second-order valence-corrected chi connectivity index (χ2v) is 7.07. The van der Waals surface area contributed by atoms with Crippen LogP contribution in [0.2, 0.25) is 0 Å². The number of ether oxygens (including phenoxy) is 1. The number of oxime groups is 1. The van der Waals surface area contributed by atoms with Gasteiger partial charge in [-0.05, 0) is 24.1 Å². The largest absolute Gasteiger partial charge is 0.473 e. The standard InChI is InChI=1S/C25H29N3O5/c1-6-10-19(7-2)25(31,16-29)20-13-17(3)24(27-14-20)33-15-18-11-8-9-12-21(18)22(28-32-5)23(30)26-4/h6-14,29,31H,1-2,15-16H2,3-5H3,(H,26,30)/b19-10+,28-22+. The average Bonchev–Trinajstić information content (AvgIpc) is 2.84. The van der Waals surface area contributed by atoms with Crippen LogP contribution < -0.4 is 10.1 Å². The van der Waals surface area contributed by atoms with E-state index in [1.807, 2.05) is 12.1 Å². The Morgan fingerprint density at radius 1 is 1.33 bits per heavy atom. The van der Waals surface area contributed by atoms with Crippen molar-refractivity contribution in [3.63, 3.8) is 0 Å². The number of benzene rings is 1. The van der Waals surface area contributed by atoms with Crippen LogP contribution in [0.5, 0.6) is 5.88 Å². The van der Waals surface area contributed by atoms with Gasteiger partial charge in [0.2, 0.25) is 5.88 Å². The monoisotopic (exact) mass is 451 g/mol. The van der Waals surface area contributed by atoms with E-state index in [9.17, 15) is 15.0 Å². The van der Waals surface area contributed by atoms with Crippen LogP contribution in [0.15, 0.2) is 78.6 Å². The van der Waals surface area contributed by atoms with Gasteiger partial charge in [0.25, 0.3) is 5.91 Å². The van der Waals surface area contributed by atoms with Crippen molar-refractivity contribution in [1.82, 2.24) is 10.3 Å². The quantitative estimate of drug-likeness (QED) is 0.275. The molecule has 0 spiro atoms. The van der Waals surface area contributed by atoms with E-state index in [2.05, 4.69) is 28.6 Å². The number of carbonyl (C=O) groups excluding carboxylic acids is 1. The lowest BCUT2D eigenvalue weighted by Gasteiger charge is -2.28. The van der Waals surface area contributed by atoms with Crippen molar-refractivity contribution in [3.8, 4) is 5.88 Å². The number of aliphatic hydroxyl groups excluding tert-OH is 1. The summed E-state index contributed by atoms with van der Waals surface area (Å²) in [6, 6.07) is 8.86. The first kappa shape index (κ1) is 25.5. The number of aliphatic hydroxyl groups is 2. The highest BCUT2D eigenvalue weighted by atomic mass is 16.6. The second kappa shape index (κ2) is 11.8. The Bertz CT molecular complexity index is 1080. The molecular weight excluding hydrogens is 422 g/mol. The molecule has 0 aliphatic heterocycles. The number of carbonyl (C=O) groups is 1. The number of nitrogens with zero attached hydrogens (tertiary/aromatic N) is 2. The van der Waals surface area contributed by atoms with Gasteiger partial charge in [-0.3, -0.25) is 4.79 Å². The van der Waals surface area contributed by atoms with Crippen LogP contribution in [0.4, 0.5) is 0 Å². The lowest BCUT2D eigenvalue weighted by Crippen LogP contribution is -2.32. The summed E-state index contributed by atoms with van der Waals surface area (Å²) in [6.07, 6.45) is 5.98. The topological polar surface area (TPSA) is 113 Å². The fourth-order valence-corrected chi connectivity index (χ4v) is 3.24. The fraction of sp³-hybridized carbons (Fsp3) is 0.240. The minimum Gasteiger partial charge on any atom is -0.473 e. The number of nitrogens with one attached hydrogen (secondary N) is 1. The van der Waals surface area contributed by atoms with Crippen molar-refractivity contribution < 1.29 is 24.6 Å². The molecule has 8 heteroatoms. The third-order valence-electron chi connectivity index (χ3n) is 4.99. The summed E-state index contributed by atoms with van der Waals surface area (Å²) in [5.41, 5.74) is 1.14. The molecule has 0 radical (unpaired) electrons. The smallest absolute Gasteiger partial charge is 0.273 e. The number of hydrogen-bond donors (Lipinski definition) is 3. The van der Waals surface area contributed by atoms with Crippen LogP contribution in [0.3, 0.4) is 0 Å². The lowest BCUT2D eigenvalue weighted by atomic mass is 9.86. The Morgan fingerprint density at radius 3 is 2.64 bits per heavy atom.